The molecule has 5 nitrogen and oxygen atoms in total. The molecule has 0 amide bonds. The molecule has 0 aliphatic heterocycles. The Balaban J connectivity index is 2.22. The van der Waals surface area contributed by atoms with Crippen LogP contribution in [-0.2, 0) is 13.2 Å². The topological polar surface area (TPSA) is 53.4 Å². The van der Waals surface area contributed by atoms with Gasteiger partial charge in [0.15, 0.2) is 11.5 Å². The molecule has 0 saturated carbocycles. The van der Waals surface area contributed by atoms with Gasteiger partial charge in [-0.15, -0.1) is 0 Å². The predicted octanol–water partition coefficient (Wildman–Crippen LogP) is 3.26. The van der Waals surface area contributed by atoms with Crippen LogP contribution in [0.3, 0.4) is 0 Å². The number of nitrogens with zero attached hydrogens (tertiary/aromatic N) is 2. The molecule has 6 heteroatoms. The number of aromatic nitrogens is 2. The standard InChI is InChI=1S/C15H17ClN2O3/c1-4-18-12(15(16)10(2)17-18)9-21-13-6-5-11(8-19)7-14(13)20-3/h5-8H,4,9H2,1-3H3. The molecular weight excluding hydrogens is 292 g/mol. The van der Waals surface area contributed by atoms with Crippen LogP contribution in [0.15, 0.2) is 18.2 Å². The summed E-state index contributed by atoms with van der Waals surface area (Å²) in [6.45, 7) is 4.85. The molecule has 0 N–H and O–H groups in total. The number of carbonyl (C=O) groups is 1. The minimum atomic E-state index is 0.282. The molecule has 1 heterocycles. The Hall–Kier alpha value is -2.01. The van der Waals surface area contributed by atoms with E-state index in [1.165, 1.54) is 7.11 Å². The Morgan fingerprint density at radius 2 is 2.14 bits per heavy atom. The summed E-state index contributed by atoms with van der Waals surface area (Å²) in [5.74, 6) is 1.07. The predicted molar refractivity (Wildman–Crippen MR) is 80.4 cm³/mol. The van der Waals surface area contributed by atoms with Crippen molar-refractivity contribution in [2.24, 2.45) is 0 Å². The van der Waals surface area contributed by atoms with Crippen molar-refractivity contribution in [3.8, 4) is 11.5 Å². The molecule has 0 atom stereocenters. The van der Waals surface area contributed by atoms with Gasteiger partial charge in [-0.3, -0.25) is 9.48 Å². The van der Waals surface area contributed by atoms with Crippen LogP contribution in [0.25, 0.3) is 0 Å². The molecule has 0 bridgehead atoms. The maximum atomic E-state index is 10.8. The molecule has 1 aromatic heterocycles. The maximum absolute atomic E-state index is 10.8. The highest BCUT2D eigenvalue weighted by Crippen LogP contribution is 2.29. The number of carbonyl (C=O) groups excluding carboxylic acids is 1. The average Bonchev–Trinajstić information content (AvgIpc) is 2.79. The van der Waals surface area contributed by atoms with E-state index < -0.39 is 0 Å². The highest BCUT2D eigenvalue weighted by Gasteiger charge is 2.14. The molecule has 0 spiro atoms. The summed E-state index contributed by atoms with van der Waals surface area (Å²) in [5.41, 5.74) is 2.13. The first-order valence-corrected chi connectivity index (χ1v) is 6.96. The van der Waals surface area contributed by atoms with Crippen molar-refractivity contribution < 1.29 is 14.3 Å². The Bertz CT molecular complexity index is 653. The lowest BCUT2D eigenvalue weighted by Crippen LogP contribution is -2.07. The highest BCUT2D eigenvalue weighted by molar-refractivity contribution is 6.31. The average molecular weight is 309 g/mol. The summed E-state index contributed by atoms with van der Waals surface area (Å²) in [4.78, 5) is 10.8. The van der Waals surface area contributed by atoms with Gasteiger partial charge in [0.25, 0.3) is 0 Å². The summed E-state index contributed by atoms with van der Waals surface area (Å²) < 4.78 is 12.8. The lowest BCUT2D eigenvalue weighted by Gasteiger charge is -2.12. The van der Waals surface area contributed by atoms with E-state index >= 15 is 0 Å². The zero-order valence-corrected chi connectivity index (χ0v) is 13.0. The van der Waals surface area contributed by atoms with Gasteiger partial charge in [0.1, 0.15) is 12.9 Å². The lowest BCUT2D eigenvalue weighted by molar-refractivity contribution is 0.112. The highest BCUT2D eigenvalue weighted by atomic mass is 35.5. The van der Waals surface area contributed by atoms with Crippen LogP contribution in [0.2, 0.25) is 5.02 Å². The maximum Gasteiger partial charge on any atom is 0.161 e. The van der Waals surface area contributed by atoms with E-state index in [0.717, 1.165) is 17.7 Å². The van der Waals surface area contributed by atoms with Crippen molar-refractivity contribution in [2.75, 3.05) is 7.11 Å². The van der Waals surface area contributed by atoms with Crippen molar-refractivity contribution >= 4 is 17.9 Å². The molecule has 0 aliphatic rings. The molecular formula is C15H17ClN2O3. The zero-order chi connectivity index (χ0) is 15.4. The Kier molecular flexibility index (Phi) is 4.85. The van der Waals surface area contributed by atoms with E-state index in [2.05, 4.69) is 5.10 Å². The van der Waals surface area contributed by atoms with Gasteiger partial charge in [0.05, 0.1) is 23.5 Å². The lowest BCUT2D eigenvalue weighted by atomic mass is 10.2. The van der Waals surface area contributed by atoms with Crippen LogP contribution >= 0.6 is 11.6 Å². The molecule has 0 fully saturated rings. The van der Waals surface area contributed by atoms with Gasteiger partial charge in [0, 0.05) is 12.1 Å². The van der Waals surface area contributed by atoms with Crippen molar-refractivity contribution in [3.05, 3.63) is 40.2 Å². The second-order valence-electron chi connectivity index (χ2n) is 4.48. The van der Waals surface area contributed by atoms with Crippen molar-refractivity contribution in [1.82, 2.24) is 9.78 Å². The second-order valence-corrected chi connectivity index (χ2v) is 4.86. The van der Waals surface area contributed by atoms with E-state index in [1.54, 1.807) is 18.2 Å². The summed E-state index contributed by atoms with van der Waals surface area (Å²) in [6.07, 6.45) is 0.763. The number of benzene rings is 1. The van der Waals surface area contributed by atoms with Gasteiger partial charge in [-0.25, -0.2) is 0 Å². The van der Waals surface area contributed by atoms with Gasteiger partial charge < -0.3 is 9.47 Å². The SMILES string of the molecule is CCn1nc(C)c(Cl)c1COc1ccc(C=O)cc1OC. The molecule has 21 heavy (non-hydrogen) atoms. The van der Waals surface area contributed by atoms with Crippen molar-refractivity contribution in [1.29, 1.82) is 0 Å². The monoisotopic (exact) mass is 308 g/mol. The van der Waals surface area contributed by atoms with Gasteiger partial charge in [-0.2, -0.15) is 5.10 Å². The van der Waals surface area contributed by atoms with Gasteiger partial charge >= 0.3 is 0 Å². The van der Waals surface area contributed by atoms with Crippen molar-refractivity contribution in [3.63, 3.8) is 0 Å². The third-order valence-corrected chi connectivity index (χ3v) is 3.63. The van der Waals surface area contributed by atoms with Crippen molar-refractivity contribution in [2.45, 2.75) is 27.0 Å². The largest absolute Gasteiger partial charge is 0.493 e. The smallest absolute Gasteiger partial charge is 0.161 e. The molecule has 2 rings (SSSR count). The molecule has 0 unspecified atom stereocenters. The molecule has 1 aromatic carbocycles. The number of rotatable bonds is 6. The second kappa shape index (κ2) is 6.63. The summed E-state index contributed by atoms with van der Waals surface area (Å²) in [7, 11) is 1.53. The molecule has 2 aromatic rings. The number of ether oxygens (including phenoxy) is 2. The Labute approximate surface area is 128 Å². The number of hydrogen-bond donors (Lipinski definition) is 0. The van der Waals surface area contributed by atoms with Gasteiger partial charge in [0.2, 0.25) is 0 Å². The molecule has 0 radical (unpaired) electrons. The third-order valence-electron chi connectivity index (χ3n) is 3.14. The number of hydrogen-bond acceptors (Lipinski definition) is 4. The molecule has 0 saturated heterocycles. The number of methoxy groups -OCH3 is 1. The van der Waals surface area contributed by atoms with Crippen LogP contribution in [0.1, 0.15) is 28.7 Å². The minimum Gasteiger partial charge on any atom is -0.493 e. The Morgan fingerprint density at radius 1 is 1.38 bits per heavy atom. The van der Waals surface area contributed by atoms with E-state index in [9.17, 15) is 4.79 Å². The zero-order valence-electron chi connectivity index (χ0n) is 12.2. The van der Waals surface area contributed by atoms with Crippen LogP contribution in [0.5, 0.6) is 11.5 Å². The fourth-order valence-corrected chi connectivity index (χ4v) is 2.22. The fraction of sp³-hybridized carbons (Fsp3) is 0.333. The number of aryl methyl sites for hydroxylation is 2. The summed E-state index contributed by atoms with van der Waals surface area (Å²) in [5, 5.41) is 4.95. The Morgan fingerprint density at radius 3 is 2.76 bits per heavy atom. The van der Waals surface area contributed by atoms with E-state index in [1.807, 2.05) is 18.5 Å². The van der Waals surface area contributed by atoms with E-state index in [0.29, 0.717) is 28.6 Å². The summed E-state index contributed by atoms with van der Waals surface area (Å²) in [6, 6.07) is 5.01. The quantitative estimate of drug-likeness (QED) is 0.769. The van der Waals surface area contributed by atoms with Gasteiger partial charge in [-0.1, -0.05) is 11.6 Å². The normalized spacial score (nSPS) is 10.5. The van der Waals surface area contributed by atoms with Crippen LogP contribution in [0, 0.1) is 6.92 Å². The minimum absolute atomic E-state index is 0.282. The first-order valence-electron chi connectivity index (χ1n) is 6.58. The molecule has 112 valence electrons. The number of aldehydes is 1. The third kappa shape index (κ3) is 3.19. The van der Waals surface area contributed by atoms with Crippen LogP contribution < -0.4 is 9.47 Å². The fourth-order valence-electron chi connectivity index (χ4n) is 2.03. The van der Waals surface area contributed by atoms with Gasteiger partial charge in [-0.05, 0) is 32.0 Å². The van der Waals surface area contributed by atoms with Crippen LogP contribution in [-0.4, -0.2) is 23.2 Å². The first-order chi connectivity index (χ1) is 10.1. The summed E-state index contributed by atoms with van der Waals surface area (Å²) >= 11 is 6.24. The molecule has 0 aliphatic carbocycles. The first kappa shape index (κ1) is 15.4. The number of halogens is 1. The van der Waals surface area contributed by atoms with E-state index in [-0.39, 0.29) is 6.61 Å². The van der Waals surface area contributed by atoms with E-state index in [4.69, 9.17) is 21.1 Å². The van der Waals surface area contributed by atoms with Crippen LogP contribution in [0.4, 0.5) is 0 Å².